The van der Waals surface area contributed by atoms with Crippen LogP contribution in [0, 0.1) is 5.41 Å². The molecule has 1 saturated heterocycles. The number of fused-ring (bicyclic) bond motifs is 1. The van der Waals surface area contributed by atoms with Crippen molar-refractivity contribution in [3.63, 3.8) is 0 Å². The SMILES string of the molecule is N=C(N)c1cccc(CC(NS(=O)(=O)c2cccc(N3CCOCC3)c2)c2nc3ccccc3s2)c1. The first kappa shape index (κ1) is 24.4. The highest BCUT2D eigenvalue weighted by Crippen LogP contribution is 2.30. The molecule has 1 aromatic heterocycles. The second-order valence-electron chi connectivity index (χ2n) is 8.61. The fourth-order valence-electron chi connectivity index (χ4n) is 4.24. The summed E-state index contributed by atoms with van der Waals surface area (Å²) in [4.78, 5) is 7.07. The molecule has 1 atom stereocenters. The zero-order valence-corrected chi connectivity index (χ0v) is 21.2. The van der Waals surface area contributed by atoms with E-state index in [0.29, 0.717) is 30.2 Å². The molecular formula is C26H27N5O3S2. The Labute approximate surface area is 214 Å². The van der Waals surface area contributed by atoms with Gasteiger partial charge in [-0.05, 0) is 48.4 Å². The smallest absolute Gasteiger partial charge is 0.241 e. The number of ether oxygens (including phenoxy) is 1. The highest BCUT2D eigenvalue weighted by molar-refractivity contribution is 7.89. The molecule has 36 heavy (non-hydrogen) atoms. The van der Waals surface area contributed by atoms with E-state index in [0.717, 1.165) is 34.6 Å². The first-order valence-corrected chi connectivity index (χ1v) is 13.9. The minimum absolute atomic E-state index is 0.0334. The number of hydrogen-bond acceptors (Lipinski definition) is 7. The number of amidine groups is 1. The number of thiazole rings is 1. The van der Waals surface area contributed by atoms with Gasteiger partial charge in [0.05, 0.1) is 34.4 Å². The number of para-hydroxylation sites is 1. The largest absolute Gasteiger partial charge is 0.384 e. The van der Waals surface area contributed by atoms with Crippen molar-refractivity contribution in [3.8, 4) is 0 Å². The van der Waals surface area contributed by atoms with Crippen LogP contribution in [0.5, 0.6) is 0 Å². The summed E-state index contributed by atoms with van der Waals surface area (Å²) in [6.07, 6.45) is 0.364. The van der Waals surface area contributed by atoms with E-state index in [4.69, 9.17) is 20.9 Å². The molecule has 0 aliphatic carbocycles. The van der Waals surface area contributed by atoms with Gasteiger partial charge in [-0.15, -0.1) is 11.3 Å². The number of benzene rings is 3. The van der Waals surface area contributed by atoms with Crippen molar-refractivity contribution in [1.29, 1.82) is 5.41 Å². The van der Waals surface area contributed by atoms with E-state index in [2.05, 4.69) is 9.62 Å². The molecule has 0 spiro atoms. The van der Waals surface area contributed by atoms with Crippen LogP contribution in [0.2, 0.25) is 0 Å². The number of nitrogens with two attached hydrogens (primary N) is 1. The van der Waals surface area contributed by atoms with Crippen molar-refractivity contribution >= 4 is 43.1 Å². The van der Waals surface area contributed by atoms with Gasteiger partial charge >= 0.3 is 0 Å². The van der Waals surface area contributed by atoms with Gasteiger partial charge in [0.1, 0.15) is 10.8 Å². The number of hydrogen-bond donors (Lipinski definition) is 3. The number of nitrogens with zero attached hydrogens (tertiary/aromatic N) is 2. The molecule has 1 aliphatic rings. The lowest BCUT2D eigenvalue weighted by molar-refractivity contribution is 0.122. The molecule has 1 unspecified atom stereocenters. The van der Waals surface area contributed by atoms with Crippen molar-refractivity contribution in [2.24, 2.45) is 5.73 Å². The van der Waals surface area contributed by atoms with Crippen molar-refractivity contribution in [2.75, 3.05) is 31.2 Å². The van der Waals surface area contributed by atoms with Crippen LogP contribution >= 0.6 is 11.3 Å². The predicted octanol–water partition coefficient (Wildman–Crippen LogP) is 3.68. The summed E-state index contributed by atoms with van der Waals surface area (Å²) in [5, 5.41) is 8.43. The fourth-order valence-corrected chi connectivity index (χ4v) is 6.58. The third kappa shape index (κ3) is 5.41. The van der Waals surface area contributed by atoms with Gasteiger partial charge in [-0.1, -0.05) is 36.4 Å². The van der Waals surface area contributed by atoms with Crippen LogP contribution in [0.15, 0.2) is 77.7 Å². The van der Waals surface area contributed by atoms with Crippen molar-refractivity contribution in [2.45, 2.75) is 17.4 Å². The Morgan fingerprint density at radius 2 is 1.86 bits per heavy atom. The van der Waals surface area contributed by atoms with Crippen LogP contribution in [0.1, 0.15) is 22.2 Å². The number of rotatable bonds is 8. The summed E-state index contributed by atoms with van der Waals surface area (Å²) in [6, 6.07) is 21.5. The van der Waals surface area contributed by atoms with Crippen LogP contribution in [0.4, 0.5) is 5.69 Å². The first-order chi connectivity index (χ1) is 17.4. The Bertz CT molecular complexity index is 1460. The molecule has 2 heterocycles. The van der Waals surface area contributed by atoms with E-state index in [1.54, 1.807) is 24.3 Å². The van der Waals surface area contributed by atoms with E-state index in [-0.39, 0.29) is 10.7 Å². The highest BCUT2D eigenvalue weighted by Gasteiger charge is 2.26. The molecule has 4 aromatic rings. The maximum Gasteiger partial charge on any atom is 0.241 e. The average molecular weight is 522 g/mol. The summed E-state index contributed by atoms with van der Waals surface area (Å²) < 4.78 is 36.5. The van der Waals surface area contributed by atoms with Gasteiger partial charge in [-0.3, -0.25) is 5.41 Å². The number of nitrogen functional groups attached to an aromatic ring is 1. The molecule has 4 N–H and O–H groups in total. The molecule has 0 radical (unpaired) electrons. The molecule has 1 aliphatic heterocycles. The normalized spacial score (nSPS) is 15.2. The van der Waals surface area contributed by atoms with Crippen LogP contribution in [-0.4, -0.2) is 45.5 Å². The summed E-state index contributed by atoms with van der Waals surface area (Å²) in [6.45, 7) is 2.68. The Balaban J connectivity index is 1.48. The zero-order chi connectivity index (χ0) is 25.1. The Hall–Kier alpha value is -3.31. The number of sulfonamides is 1. The van der Waals surface area contributed by atoms with Crippen molar-refractivity contribution < 1.29 is 13.2 Å². The quantitative estimate of drug-likeness (QED) is 0.240. The lowest BCUT2D eigenvalue weighted by atomic mass is 10.0. The van der Waals surface area contributed by atoms with E-state index >= 15 is 0 Å². The zero-order valence-electron chi connectivity index (χ0n) is 19.6. The second-order valence-corrected chi connectivity index (χ2v) is 11.4. The average Bonchev–Trinajstić information content (AvgIpc) is 3.33. The van der Waals surface area contributed by atoms with Crippen LogP contribution in [-0.2, 0) is 21.2 Å². The second kappa shape index (κ2) is 10.4. The molecule has 1 fully saturated rings. The number of nitrogens with one attached hydrogen (secondary N) is 2. The molecule has 10 heteroatoms. The van der Waals surface area contributed by atoms with Gasteiger partial charge in [0.2, 0.25) is 10.0 Å². The topological polar surface area (TPSA) is 121 Å². The van der Waals surface area contributed by atoms with E-state index < -0.39 is 16.1 Å². The molecular weight excluding hydrogens is 494 g/mol. The molecule has 0 bridgehead atoms. The molecule has 0 saturated carbocycles. The number of morpholine rings is 1. The molecule has 0 amide bonds. The Kier molecular flexibility index (Phi) is 7.01. The lowest BCUT2D eigenvalue weighted by Crippen LogP contribution is -2.36. The third-order valence-electron chi connectivity index (χ3n) is 6.09. The van der Waals surface area contributed by atoms with Gasteiger partial charge in [0.25, 0.3) is 0 Å². The summed E-state index contributed by atoms with van der Waals surface area (Å²) in [7, 11) is -3.86. The Morgan fingerprint density at radius 3 is 2.64 bits per heavy atom. The minimum atomic E-state index is -3.86. The summed E-state index contributed by atoms with van der Waals surface area (Å²) in [5.41, 5.74) is 8.81. The van der Waals surface area contributed by atoms with E-state index in [1.807, 2.05) is 48.5 Å². The summed E-state index contributed by atoms with van der Waals surface area (Å²) >= 11 is 1.47. The van der Waals surface area contributed by atoms with Gasteiger partial charge in [0, 0.05) is 24.3 Å². The maximum absolute atomic E-state index is 13.6. The Morgan fingerprint density at radius 1 is 1.08 bits per heavy atom. The maximum atomic E-state index is 13.6. The number of aromatic nitrogens is 1. The van der Waals surface area contributed by atoms with Crippen molar-refractivity contribution in [3.05, 3.63) is 88.9 Å². The van der Waals surface area contributed by atoms with Crippen LogP contribution < -0.4 is 15.4 Å². The van der Waals surface area contributed by atoms with Crippen LogP contribution in [0.3, 0.4) is 0 Å². The molecule has 186 valence electrons. The van der Waals surface area contributed by atoms with Crippen molar-refractivity contribution in [1.82, 2.24) is 9.71 Å². The summed E-state index contributed by atoms with van der Waals surface area (Å²) in [5.74, 6) is -0.0334. The van der Waals surface area contributed by atoms with Crippen LogP contribution in [0.25, 0.3) is 10.2 Å². The molecule has 5 rings (SSSR count). The monoisotopic (exact) mass is 521 g/mol. The standard InChI is InChI=1S/C26H27N5O3S2/c27-25(28)19-6-3-5-18(15-19)16-23(26-29-22-9-1-2-10-24(22)35-26)30-36(32,33)21-8-4-7-20(17-21)31-11-13-34-14-12-31/h1-10,15,17,23,30H,11-14,16H2,(H3,27,28). The van der Waals surface area contributed by atoms with Gasteiger partial charge < -0.3 is 15.4 Å². The van der Waals surface area contributed by atoms with Gasteiger partial charge in [-0.25, -0.2) is 18.1 Å². The predicted molar refractivity (Wildman–Crippen MR) is 143 cm³/mol. The van der Waals surface area contributed by atoms with Gasteiger partial charge in [0.15, 0.2) is 0 Å². The minimum Gasteiger partial charge on any atom is -0.384 e. The van der Waals surface area contributed by atoms with E-state index in [9.17, 15) is 8.42 Å². The molecule has 3 aromatic carbocycles. The number of anilines is 1. The first-order valence-electron chi connectivity index (χ1n) is 11.6. The third-order valence-corrected chi connectivity index (χ3v) is 8.71. The fraction of sp³-hybridized carbons (Fsp3) is 0.231. The highest BCUT2D eigenvalue weighted by atomic mass is 32.2. The van der Waals surface area contributed by atoms with Gasteiger partial charge in [-0.2, -0.15) is 0 Å². The molecule has 8 nitrogen and oxygen atoms in total. The van der Waals surface area contributed by atoms with E-state index in [1.165, 1.54) is 11.3 Å². The lowest BCUT2D eigenvalue weighted by Gasteiger charge is -2.29.